The molecular weight excluding hydrogens is 1170 g/mol. The molecule has 2 aliphatic rings. The van der Waals surface area contributed by atoms with Gasteiger partial charge < -0.3 is 87.8 Å². The second-order valence-corrected chi connectivity index (χ2v) is 19.1. The summed E-state index contributed by atoms with van der Waals surface area (Å²) in [6.07, 6.45) is 14.9. The summed E-state index contributed by atoms with van der Waals surface area (Å²) in [7, 11) is 4.21. The summed E-state index contributed by atoms with van der Waals surface area (Å²) < 4.78 is 17.2. The van der Waals surface area contributed by atoms with E-state index in [9.17, 15) is 14.4 Å². The zero-order valence-electron chi connectivity index (χ0n) is 46.4. The highest BCUT2D eigenvalue weighted by molar-refractivity contribution is 6.34. The number of ether oxygens (including phenoxy) is 3. The number of nitrogens with zero attached hydrogens (tertiary/aromatic N) is 10. The molecule has 8 rings (SSSR count). The van der Waals surface area contributed by atoms with Gasteiger partial charge in [-0.2, -0.15) is 0 Å². The molecule has 452 valence electrons. The molecule has 1 aliphatic carbocycles. The van der Waals surface area contributed by atoms with E-state index in [1.807, 2.05) is 0 Å². The molecule has 3 aromatic heterocycles. The van der Waals surface area contributed by atoms with Crippen molar-refractivity contribution < 1.29 is 48.2 Å². The summed E-state index contributed by atoms with van der Waals surface area (Å²) in [5.41, 5.74) is 19.9. The third-order valence-corrected chi connectivity index (χ3v) is 12.6. The third-order valence-electron chi connectivity index (χ3n) is 11.6. The van der Waals surface area contributed by atoms with Crippen LogP contribution in [-0.4, -0.2) is 143 Å². The van der Waals surface area contributed by atoms with Crippen LogP contribution in [0.3, 0.4) is 0 Å². The van der Waals surface area contributed by atoms with E-state index in [4.69, 9.17) is 71.3 Å². The number of hydrogen-bond donors (Lipinski definition) is 10. The molecule has 0 spiro atoms. The van der Waals surface area contributed by atoms with E-state index in [1.165, 1.54) is 91.0 Å². The number of unbranched alkanes of at least 4 members (excludes halogenated alkanes) is 1. The number of halogens is 3. The van der Waals surface area contributed by atoms with Crippen LogP contribution >= 0.6 is 34.8 Å². The van der Waals surface area contributed by atoms with E-state index >= 15 is 0 Å². The Morgan fingerprint density at radius 2 is 0.953 bits per heavy atom. The van der Waals surface area contributed by atoms with Crippen molar-refractivity contribution in [2.75, 3.05) is 93.8 Å². The maximum Gasteiger partial charge on any atom is 0.319 e. The highest BCUT2D eigenvalue weighted by Crippen LogP contribution is 2.34. The van der Waals surface area contributed by atoms with Gasteiger partial charge in [-0.3, -0.25) is 0 Å². The fourth-order valence-corrected chi connectivity index (χ4v) is 7.93. The number of carbonyl (C=O) groups excluding carboxylic acids is 3. The number of aliphatic hydroxyl groups excluding tert-OH is 1. The number of nitrogens with two attached hydrogens (primary N) is 3. The van der Waals surface area contributed by atoms with Crippen molar-refractivity contribution in [2.45, 2.75) is 51.0 Å². The molecule has 0 bridgehead atoms. The fraction of sp³-hybridized carbons (Fsp3) is 0.321. The monoisotopic (exact) mass is 1230 g/mol. The van der Waals surface area contributed by atoms with Crippen LogP contribution in [0, 0.1) is 0 Å². The number of nitrogens with one attached hydrogen (secondary N) is 6. The van der Waals surface area contributed by atoms with E-state index < -0.39 is 6.03 Å². The average Bonchev–Trinajstić information content (AvgIpc) is 4.32. The molecule has 85 heavy (non-hydrogen) atoms. The molecule has 0 unspecified atom stereocenters. The Morgan fingerprint density at radius 3 is 1.31 bits per heavy atom. The van der Waals surface area contributed by atoms with Gasteiger partial charge in [0.1, 0.15) is 91.7 Å². The van der Waals surface area contributed by atoms with Crippen molar-refractivity contribution in [3.63, 3.8) is 0 Å². The first kappa shape index (κ1) is 64.9. The van der Waals surface area contributed by atoms with Gasteiger partial charge in [-0.15, -0.1) is 0 Å². The van der Waals surface area contributed by atoms with Gasteiger partial charge in [0, 0.05) is 43.9 Å². The van der Waals surface area contributed by atoms with E-state index in [0.29, 0.717) is 80.6 Å². The molecule has 13 N–H and O–H groups in total. The van der Waals surface area contributed by atoms with Crippen molar-refractivity contribution in [2.24, 2.45) is 15.5 Å². The van der Waals surface area contributed by atoms with Crippen molar-refractivity contribution in [3.8, 4) is 34.9 Å². The molecule has 1 saturated heterocycles. The molecule has 29 nitrogen and oxygen atoms in total. The molecule has 1 saturated carbocycles. The number of carbonyl (C=O) groups is 3. The first-order chi connectivity index (χ1) is 41.2. The summed E-state index contributed by atoms with van der Waals surface area (Å²) in [6.45, 7) is 4.43. The number of rotatable bonds is 24. The minimum atomic E-state index is -0.430. The van der Waals surface area contributed by atoms with Crippen molar-refractivity contribution in [1.29, 1.82) is 0 Å². The Bertz CT molecular complexity index is 3270. The number of anilines is 6. The number of oxime groups is 3. The molecule has 2 fully saturated rings. The van der Waals surface area contributed by atoms with E-state index in [2.05, 4.69) is 96.7 Å². The third kappa shape index (κ3) is 21.8. The maximum atomic E-state index is 12.2. The average molecular weight is 1230 g/mol. The van der Waals surface area contributed by atoms with Crippen LogP contribution in [0.4, 0.5) is 48.9 Å². The van der Waals surface area contributed by atoms with Crippen LogP contribution in [0.25, 0.3) is 0 Å². The number of amides is 6. The van der Waals surface area contributed by atoms with Crippen LogP contribution in [0.1, 0.15) is 61.6 Å². The lowest BCUT2D eigenvalue weighted by Gasteiger charge is -2.14. The largest absolute Gasteiger partial charge is 0.438 e. The van der Waals surface area contributed by atoms with Gasteiger partial charge in [-0.25, -0.2) is 44.3 Å². The van der Waals surface area contributed by atoms with Crippen LogP contribution in [0.2, 0.25) is 15.1 Å². The second-order valence-electron chi connectivity index (χ2n) is 17.9. The Hall–Kier alpha value is -9.29. The molecule has 3 aromatic carbocycles. The SMILES string of the molecule is CO/N=C/c1c(N)ncnc1Oc1ccc(NC(=O)NC2CC2)c(Cl)c1.CO/N=C/c1c(N)ncnc1Oc1ccc(NC(=O)NCCCCN2CCCC2)c(Cl)c1.CO/N=C/c1c(N)ncnc1Oc1ccc(NC(=O)NCCCO)c(Cl)c1. The number of hydrogen-bond acceptors (Lipinski definition) is 23. The first-order valence-electron chi connectivity index (χ1n) is 26.1. The van der Waals surface area contributed by atoms with Crippen molar-refractivity contribution >= 4 is 106 Å². The number of aliphatic hydroxyl groups is 1. The smallest absolute Gasteiger partial charge is 0.319 e. The maximum absolute atomic E-state index is 12.2. The second kappa shape index (κ2) is 34.3. The Balaban J connectivity index is 0.000000206. The summed E-state index contributed by atoms with van der Waals surface area (Å²) >= 11 is 18.7. The zero-order valence-corrected chi connectivity index (χ0v) is 48.7. The number of nitrogen functional groups attached to an aromatic ring is 3. The van der Waals surface area contributed by atoms with Gasteiger partial charge in [0.2, 0.25) is 17.6 Å². The van der Waals surface area contributed by atoms with Gasteiger partial charge in [0.05, 0.1) is 50.8 Å². The highest BCUT2D eigenvalue weighted by atomic mass is 35.5. The number of aromatic nitrogens is 6. The minimum absolute atomic E-state index is 0.00228. The molecular formula is C53H64Cl3N19O10. The lowest BCUT2D eigenvalue weighted by Crippen LogP contribution is -2.30. The molecule has 0 radical (unpaired) electrons. The summed E-state index contributed by atoms with van der Waals surface area (Å²) in [5.74, 6) is 2.31. The molecule has 4 heterocycles. The van der Waals surface area contributed by atoms with Gasteiger partial charge in [0.15, 0.2) is 0 Å². The minimum Gasteiger partial charge on any atom is -0.438 e. The topological polar surface area (TPSA) is 395 Å². The van der Waals surface area contributed by atoms with E-state index in [0.717, 1.165) is 32.2 Å². The number of benzene rings is 3. The normalized spacial score (nSPS) is 12.7. The Kier molecular flexibility index (Phi) is 26.2. The highest BCUT2D eigenvalue weighted by Gasteiger charge is 2.24. The Morgan fingerprint density at radius 1 is 0.576 bits per heavy atom. The van der Waals surface area contributed by atoms with Gasteiger partial charge in [0.25, 0.3) is 0 Å². The predicted molar refractivity (Wildman–Crippen MR) is 324 cm³/mol. The zero-order chi connectivity index (χ0) is 60.9. The van der Waals surface area contributed by atoms with Crippen LogP contribution in [0.15, 0.2) is 89.0 Å². The fourth-order valence-electron chi connectivity index (χ4n) is 7.27. The lowest BCUT2D eigenvalue weighted by molar-refractivity contribution is 0.215. The standard InChI is InChI=1S/C21H28ClN7O3.C16H19ClN6O4.C16H17ClN6O3/c1-31-27-13-16-19(23)25-14-26-20(16)32-15-6-7-18(17(22)12-15)28-21(30)24-8-2-3-9-29-10-4-5-11-29;1-26-22-8-11-14(18)20-9-21-15(11)27-10-3-4-13(12(17)7-10)23-16(25)19-5-2-6-24;1-25-21-7-11-14(18)19-8-20-15(11)26-10-4-5-13(12(17)6-10)23-16(24)22-9-2-3-9/h6-7,12-14H,2-5,8-11H2,1H3,(H2,23,25,26)(H2,24,28,30);3-4,7-9,24H,2,5-6H2,1H3,(H2,18,20,21)(H2,19,23,25);4-9H,2-3H2,1H3,(H2,18,19,20)(H2,22,23,24)/b27-13+;22-8+;21-7+. The van der Waals surface area contributed by atoms with Crippen LogP contribution in [0.5, 0.6) is 34.9 Å². The van der Waals surface area contributed by atoms with Gasteiger partial charge >= 0.3 is 18.1 Å². The predicted octanol–water partition coefficient (Wildman–Crippen LogP) is 8.24. The molecule has 0 atom stereocenters. The van der Waals surface area contributed by atoms with Crippen molar-refractivity contribution in [3.05, 3.63) is 105 Å². The Labute approximate surface area is 503 Å². The molecule has 6 aromatic rings. The van der Waals surface area contributed by atoms with Crippen LogP contribution in [-0.2, 0) is 14.5 Å². The first-order valence-corrected chi connectivity index (χ1v) is 27.2. The summed E-state index contributed by atoms with van der Waals surface area (Å²) in [5, 5.41) is 36.9. The van der Waals surface area contributed by atoms with Crippen molar-refractivity contribution in [1.82, 2.24) is 50.8 Å². The lowest BCUT2D eigenvalue weighted by atomic mass is 10.3. The molecule has 6 amide bonds. The quantitative estimate of drug-likeness (QED) is 0.0155. The summed E-state index contributed by atoms with van der Waals surface area (Å²) in [4.78, 5) is 76.0. The molecule has 1 aliphatic heterocycles. The van der Waals surface area contributed by atoms with Gasteiger partial charge in [-0.1, -0.05) is 50.3 Å². The molecule has 32 heteroatoms. The number of urea groups is 3. The van der Waals surface area contributed by atoms with E-state index in [-0.39, 0.29) is 64.8 Å². The number of likely N-dealkylation sites (tertiary alicyclic amines) is 1. The van der Waals surface area contributed by atoms with Gasteiger partial charge in [-0.05, 0) is 101 Å². The van der Waals surface area contributed by atoms with E-state index in [1.54, 1.807) is 48.5 Å². The summed E-state index contributed by atoms with van der Waals surface area (Å²) in [6, 6.07) is 13.7. The van der Waals surface area contributed by atoms with Crippen LogP contribution < -0.4 is 63.3 Å².